The molecule has 6 nitrogen and oxygen atoms in total. The molecule has 1 aromatic heterocycles. The summed E-state index contributed by atoms with van der Waals surface area (Å²) in [6.45, 7) is 2.51. The SMILES string of the molecule is O=C(NC[C@H]1C[C@H]2CC[C@H]1C2)C(=O)Nc1cccnc1N1CCCC1. The molecule has 6 heteroatoms. The number of pyridine rings is 1. The molecule has 3 fully saturated rings. The Morgan fingerprint density at radius 3 is 2.72 bits per heavy atom. The number of hydrogen-bond acceptors (Lipinski definition) is 4. The van der Waals surface area contributed by atoms with E-state index in [2.05, 4.69) is 20.5 Å². The molecule has 0 spiro atoms. The van der Waals surface area contributed by atoms with Crippen LogP contribution in [0.1, 0.15) is 38.5 Å². The lowest BCUT2D eigenvalue weighted by Gasteiger charge is -2.22. The lowest BCUT2D eigenvalue weighted by Crippen LogP contribution is -2.39. The molecule has 3 atom stereocenters. The topological polar surface area (TPSA) is 74.3 Å². The summed E-state index contributed by atoms with van der Waals surface area (Å²) >= 11 is 0. The number of anilines is 2. The monoisotopic (exact) mass is 342 g/mol. The molecular weight excluding hydrogens is 316 g/mol. The zero-order valence-corrected chi connectivity index (χ0v) is 14.5. The third-order valence-corrected chi connectivity index (χ3v) is 6.06. The van der Waals surface area contributed by atoms with E-state index in [4.69, 9.17) is 0 Å². The molecule has 0 radical (unpaired) electrons. The number of fused-ring (bicyclic) bond motifs is 2. The van der Waals surface area contributed by atoms with Gasteiger partial charge in [0.05, 0.1) is 5.69 Å². The van der Waals surface area contributed by atoms with E-state index in [1.165, 1.54) is 25.7 Å². The van der Waals surface area contributed by atoms with Crippen LogP contribution in [0.4, 0.5) is 11.5 Å². The highest BCUT2D eigenvalue weighted by Crippen LogP contribution is 2.47. The highest BCUT2D eigenvalue weighted by atomic mass is 16.2. The fourth-order valence-electron chi connectivity index (χ4n) is 4.79. The number of hydrogen-bond donors (Lipinski definition) is 2. The van der Waals surface area contributed by atoms with Crippen LogP contribution in [0.3, 0.4) is 0 Å². The van der Waals surface area contributed by atoms with E-state index in [1.54, 1.807) is 12.3 Å². The number of carbonyl (C=O) groups excluding carboxylic acids is 2. The molecule has 2 saturated carbocycles. The molecule has 2 N–H and O–H groups in total. The number of nitrogens with one attached hydrogen (secondary N) is 2. The zero-order chi connectivity index (χ0) is 17.2. The average Bonchev–Trinajstić information content (AvgIpc) is 3.37. The van der Waals surface area contributed by atoms with Crippen molar-refractivity contribution in [1.82, 2.24) is 10.3 Å². The summed E-state index contributed by atoms with van der Waals surface area (Å²) in [6, 6.07) is 3.59. The van der Waals surface area contributed by atoms with Crippen molar-refractivity contribution in [3.05, 3.63) is 18.3 Å². The minimum absolute atomic E-state index is 0.543. The van der Waals surface area contributed by atoms with Crippen molar-refractivity contribution < 1.29 is 9.59 Å². The van der Waals surface area contributed by atoms with Gasteiger partial charge in [0.2, 0.25) is 0 Å². The van der Waals surface area contributed by atoms with Crippen LogP contribution in [0.25, 0.3) is 0 Å². The summed E-state index contributed by atoms with van der Waals surface area (Å²) in [5, 5.41) is 5.57. The second kappa shape index (κ2) is 7.02. The molecule has 0 unspecified atom stereocenters. The van der Waals surface area contributed by atoms with Gasteiger partial charge in [0.1, 0.15) is 0 Å². The minimum Gasteiger partial charge on any atom is -0.355 e. The van der Waals surface area contributed by atoms with E-state index in [0.717, 1.165) is 43.6 Å². The Kier molecular flexibility index (Phi) is 4.59. The van der Waals surface area contributed by atoms with E-state index >= 15 is 0 Å². The Bertz CT molecular complexity index is 657. The van der Waals surface area contributed by atoms with Crippen LogP contribution in [-0.4, -0.2) is 36.4 Å². The van der Waals surface area contributed by atoms with Gasteiger partial charge in [-0.2, -0.15) is 0 Å². The van der Waals surface area contributed by atoms with Crippen LogP contribution in [0.15, 0.2) is 18.3 Å². The maximum absolute atomic E-state index is 12.3. The smallest absolute Gasteiger partial charge is 0.313 e. The van der Waals surface area contributed by atoms with Crippen molar-refractivity contribution in [1.29, 1.82) is 0 Å². The largest absolute Gasteiger partial charge is 0.355 e. The third-order valence-electron chi connectivity index (χ3n) is 6.06. The maximum Gasteiger partial charge on any atom is 0.313 e. The van der Waals surface area contributed by atoms with Gasteiger partial charge >= 0.3 is 11.8 Å². The number of carbonyl (C=O) groups is 2. The van der Waals surface area contributed by atoms with Gasteiger partial charge in [-0.05, 0) is 62.0 Å². The minimum atomic E-state index is -0.600. The van der Waals surface area contributed by atoms with Gasteiger partial charge in [-0.25, -0.2) is 4.98 Å². The quantitative estimate of drug-likeness (QED) is 0.823. The van der Waals surface area contributed by atoms with Crippen LogP contribution in [-0.2, 0) is 9.59 Å². The first-order valence-corrected chi connectivity index (χ1v) is 9.50. The summed E-state index contributed by atoms with van der Waals surface area (Å²) in [4.78, 5) is 31.0. The lowest BCUT2D eigenvalue weighted by atomic mass is 9.89. The first-order valence-electron chi connectivity index (χ1n) is 9.50. The summed E-state index contributed by atoms with van der Waals surface area (Å²) < 4.78 is 0. The van der Waals surface area contributed by atoms with Crippen molar-refractivity contribution in [2.24, 2.45) is 17.8 Å². The van der Waals surface area contributed by atoms with Crippen molar-refractivity contribution >= 4 is 23.3 Å². The van der Waals surface area contributed by atoms with Gasteiger partial charge in [0.25, 0.3) is 0 Å². The summed E-state index contributed by atoms with van der Waals surface area (Å²) in [6.07, 6.45) is 9.12. The molecular formula is C19H26N4O2. The Morgan fingerprint density at radius 2 is 2.00 bits per heavy atom. The summed E-state index contributed by atoms with van der Waals surface area (Å²) in [5.41, 5.74) is 0.615. The van der Waals surface area contributed by atoms with Gasteiger partial charge in [0, 0.05) is 25.8 Å². The number of amides is 2. The van der Waals surface area contributed by atoms with Crippen molar-refractivity contribution in [2.75, 3.05) is 29.9 Å². The molecule has 134 valence electrons. The third kappa shape index (κ3) is 3.48. The Morgan fingerprint density at radius 1 is 1.16 bits per heavy atom. The number of aromatic nitrogens is 1. The summed E-state index contributed by atoms with van der Waals surface area (Å²) in [7, 11) is 0. The second-order valence-electron chi connectivity index (χ2n) is 7.67. The van der Waals surface area contributed by atoms with Crippen molar-refractivity contribution in [3.63, 3.8) is 0 Å². The molecule has 2 aliphatic carbocycles. The molecule has 0 aromatic carbocycles. The van der Waals surface area contributed by atoms with Gasteiger partial charge in [-0.15, -0.1) is 0 Å². The normalized spacial score (nSPS) is 27.5. The molecule has 2 heterocycles. The van der Waals surface area contributed by atoms with Crippen LogP contribution >= 0.6 is 0 Å². The molecule has 1 saturated heterocycles. The van der Waals surface area contributed by atoms with E-state index in [-0.39, 0.29) is 0 Å². The van der Waals surface area contributed by atoms with Crippen LogP contribution in [0, 0.1) is 17.8 Å². The number of nitrogens with zero attached hydrogens (tertiary/aromatic N) is 2. The standard InChI is InChI=1S/C19H26N4O2/c24-18(21-12-15-11-13-5-6-14(15)10-13)19(25)22-16-4-3-7-20-17(16)23-8-1-2-9-23/h3-4,7,13-15H,1-2,5-6,8-12H2,(H,21,24)(H,22,25)/t13-,14-,15+/m0/s1. The van der Waals surface area contributed by atoms with Crippen molar-refractivity contribution in [2.45, 2.75) is 38.5 Å². The molecule has 4 rings (SSSR count). The predicted octanol–water partition coefficient (Wildman–Crippen LogP) is 2.17. The predicted molar refractivity (Wildman–Crippen MR) is 96.3 cm³/mol. The molecule has 3 aliphatic rings. The van der Waals surface area contributed by atoms with E-state index in [1.807, 2.05) is 6.07 Å². The maximum atomic E-state index is 12.3. The zero-order valence-electron chi connectivity index (χ0n) is 14.5. The van der Waals surface area contributed by atoms with Gasteiger partial charge in [-0.1, -0.05) is 6.42 Å². The van der Waals surface area contributed by atoms with Crippen LogP contribution < -0.4 is 15.5 Å². The molecule has 2 bridgehead atoms. The molecule has 1 aliphatic heterocycles. The average molecular weight is 342 g/mol. The first kappa shape index (κ1) is 16.4. The van der Waals surface area contributed by atoms with Gasteiger partial charge < -0.3 is 15.5 Å². The van der Waals surface area contributed by atoms with Crippen LogP contribution in [0.2, 0.25) is 0 Å². The van der Waals surface area contributed by atoms with E-state index in [0.29, 0.717) is 18.2 Å². The highest BCUT2D eigenvalue weighted by Gasteiger charge is 2.39. The second-order valence-corrected chi connectivity index (χ2v) is 7.67. The Balaban J connectivity index is 1.33. The fraction of sp³-hybridized carbons (Fsp3) is 0.632. The van der Waals surface area contributed by atoms with E-state index < -0.39 is 11.8 Å². The fourth-order valence-corrected chi connectivity index (χ4v) is 4.79. The highest BCUT2D eigenvalue weighted by molar-refractivity contribution is 6.39. The Labute approximate surface area is 148 Å². The van der Waals surface area contributed by atoms with Gasteiger partial charge in [-0.3, -0.25) is 9.59 Å². The number of rotatable bonds is 4. The van der Waals surface area contributed by atoms with Crippen LogP contribution in [0.5, 0.6) is 0 Å². The molecule has 1 aromatic rings. The Hall–Kier alpha value is -2.11. The summed E-state index contributed by atoms with van der Waals surface area (Å²) in [5.74, 6) is 1.76. The van der Waals surface area contributed by atoms with E-state index in [9.17, 15) is 9.59 Å². The van der Waals surface area contributed by atoms with Gasteiger partial charge in [0.15, 0.2) is 5.82 Å². The lowest BCUT2D eigenvalue weighted by molar-refractivity contribution is -0.136. The molecule has 2 amide bonds. The van der Waals surface area contributed by atoms with Crippen molar-refractivity contribution in [3.8, 4) is 0 Å². The molecule has 25 heavy (non-hydrogen) atoms. The first-order chi connectivity index (χ1) is 12.2.